The lowest BCUT2D eigenvalue weighted by atomic mass is 9.90. The quantitative estimate of drug-likeness (QED) is 0.228. The minimum absolute atomic E-state index is 0.0281. The third-order valence-corrected chi connectivity index (χ3v) is 7.67. The number of benzene rings is 2. The van der Waals surface area contributed by atoms with Crippen LogP contribution in [0.1, 0.15) is 72.2 Å². The minimum Gasteiger partial charge on any atom is -0.481 e. The number of carbonyl (C=O) groups is 2. The molecule has 2 aromatic carbocycles. The summed E-state index contributed by atoms with van der Waals surface area (Å²) in [7, 11) is 3.38. The lowest BCUT2D eigenvalue weighted by molar-refractivity contribution is -0.139. The molecule has 12 heteroatoms. The zero-order chi connectivity index (χ0) is 34.5. The molecule has 2 N–H and O–H groups in total. The Labute approximate surface area is 265 Å². The molecule has 1 amide bonds. The van der Waals surface area contributed by atoms with Crippen molar-refractivity contribution in [2.75, 3.05) is 20.6 Å². The molecule has 0 saturated heterocycles. The Morgan fingerprint density at radius 2 is 1.78 bits per heavy atom. The van der Waals surface area contributed by atoms with E-state index in [2.05, 4.69) is 11.4 Å². The first-order valence-corrected chi connectivity index (χ1v) is 14.7. The second-order valence-electron chi connectivity index (χ2n) is 12.1. The number of aryl methyl sites for hydroxylation is 2. The fourth-order valence-electron chi connectivity index (χ4n) is 5.46. The highest BCUT2D eigenvalue weighted by molar-refractivity contribution is 5.82. The Bertz CT molecular complexity index is 1710. The topological polar surface area (TPSA) is 115 Å². The van der Waals surface area contributed by atoms with Crippen LogP contribution in [0.15, 0.2) is 47.4 Å². The van der Waals surface area contributed by atoms with Crippen molar-refractivity contribution in [3.05, 3.63) is 92.1 Å². The van der Waals surface area contributed by atoms with Crippen LogP contribution >= 0.6 is 0 Å². The first kappa shape index (κ1) is 36.0. The van der Waals surface area contributed by atoms with Crippen LogP contribution in [0.2, 0.25) is 0 Å². The molecule has 0 bridgehead atoms. The highest BCUT2D eigenvalue weighted by atomic mass is 19.4. The van der Waals surface area contributed by atoms with Crippen LogP contribution in [0.4, 0.5) is 17.6 Å². The van der Waals surface area contributed by atoms with E-state index in [1.54, 1.807) is 58.0 Å². The number of carbonyl (C=O) groups excluding carboxylic acids is 1. The number of aromatic nitrogens is 1. The maximum Gasteiger partial charge on any atom is 0.416 e. The number of hydrogen-bond donors (Lipinski definition) is 2. The summed E-state index contributed by atoms with van der Waals surface area (Å²) in [5.74, 6) is -3.17. The fraction of sp³-hybridized carbons (Fsp3) is 0.412. The zero-order valence-electron chi connectivity index (χ0n) is 26.6. The number of carboxylic acid groups (broad SMARTS) is 1. The summed E-state index contributed by atoms with van der Waals surface area (Å²) in [4.78, 5) is 40.7. The molecule has 3 rings (SSSR count). The molecule has 1 aromatic heterocycles. The number of alkyl halides is 3. The lowest BCUT2D eigenvalue weighted by Gasteiger charge is -2.27. The van der Waals surface area contributed by atoms with Crippen LogP contribution < -0.4 is 10.9 Å². The number of rotatable bonds is 12. The highest BCUT2D eigenvalue weighted by Gasteiger charge is 2.36. The molecule has 1 unspecified atom stereocenters. The standard InChI is InChI=1S/C34H38F4N4O4/c1-19(2)12-28(42-18-23(10-11-41(5)6)26(15-29(42)43)34(36,37)38)33(46)40-27(16-30(44)45)25-14-24(13-21(4)32(25)35)31-20(3)8-7-9-22(31)17-39/h7-9,13-15,18-19,27-28H,10-12,16H2,1-6H3,(H,40,46)(H,44,45)/t27-,28?/m0/s1. The van der Waals surface area contributed by atoms with E-state index < -0.39 is 53.5 Å². The first-order valence-electron chi connectivity index (χ1n) is 14.7. The predicted octanol–water partition coefficient (Wildman–Crippen LogP) is 6.19. The van der Waals surface area contributed by atoms with E-state index in [0.717, 1.165) is 16.3 Å². The molecule has 0 saturated carbocycles. The second-order valence-corrected chi connectivity index (χ2v) is 12.1. The van der Waals surface area contributed by atoms with Gasteiger partial charge in [-0.15, -0.1) is 0 Å². The molecule has 1 heterocycles. The molecule has 0 spiro atoms. The number of nitriles is 1. The van der Waals surface area contributed by atoms with Gasteiger partial charge in [-0.25, -0.2) is 4.39 Å². The van der Waals surface area contributed by atoms with Crippen LogP contribution in [0.3, 0.4) is 0 Å². The first-order chi connectivity index (χ1) is 21.4. The van der Waals surface area contributed by atoms with Crippen molar-refractivity contribution in [1.82, 2.24) is 14.8 Å². The van der Waals surface area contributed by atoms with Gasteiger partial charge in [0.1, 0.15) is 11.9 Å². The van der Waals surface area contributed by atoms with Gasteiger partial charge in [0.15, 0.2) is 0 Å². The largest absolute Gasteiger partial charge is 0.481 e. The molecule has 0 radical (unpaired) electrons. The number of nitrogens with zero attached hydrogens (tertiary/aromatic N) is 3. The van der Waals surface area contributed by atoms with Gasteiger partial charge in [0.05, 0.1) is 29.7 Å². The zero-order valence-corrected chi connectivity index (χ0v) is 26.6. The molecule has 8 nitrogen and oxygen atoms in total. The van der Waals surface area contributed by atoms with Crippen molar-refractivity contribution in [1.29, 1.82) is 5.26 Å². The molecule has 2 atom stereocenters. The summed E-state index contributed by atoms with van der Waals surface area (Å²) >= 11 is 0. The Morgan fingerprint density at radius 3 is 2.35 bits per heavy atom. The van der Waals surface area contributed by atoms with Crippen molar-refractivity contribution in [2.45, 2.75) is 65.2 Å². The van der Waals surface area contributed by atoms with Crippen LogP contribution in [-0.4, -0.2) is 47.1 Å². The van der Waals surface area contributed by atoms with Gasteiger partial charge in [0, 0.05) is 29.9 Å². The molecule has 0 aliphatic rings. The van der Waals surface area contributed by atoms with Crippen molar-refractivity contribution in [3.63, 3.8) is 0 Å². The van der Waals surface area contributed by atoms with Gasteiger partial charge < -0.3 is 19.9 Å². The molecule has 46 heavy (non-hydrogen) atoms. The summed E-state index contributed by atoms with van der Waals surface area (Å²) in [6, 6.07) is 7.84. The van der Waals surface area contributed by atoms with Crippen molar-refractivity contribution in [2.24, 2.45) is 5.92 Å². The van der Waals surface area contributed by atoms with Crippen LogP contribution in [-0.2, 0) is 22.2 Å². The van der Waals surface area contributed by atoms with Crippen LogP contribution in [0.25, 0.3) is 11.1 Å². The monoisotopic (exact) mass is 642 g/mol. The van der Waals surface area contributed by atoms with Gasteiger partial charge >= 0.3 is 12.1 Å². The van der Waals surface area contributed by atoms with Gasteiger partial charge in [-0.05, 0) is 87.2 Å². The summed E-state index contributed by atoms with van der Waals surface area (Å²) in [5, 5.41) is 22.0. The number of aliphatic carboxylic acids is 1. The summed E-state index contributed by atoms with van der Waals surface area (Å²) < 4.78 is 58.3. The van der Waals surface area contributed by atoms with Gasteiger partial charge in [0.25, 0.3) is 5.56 Å². The molecule has 0 aliphatic carbocycles. The van der Waals surface area contributed by atoms with E-state index in [9.17, 15) is 37.9 Å². The van der Waals surface area contributed by atoms with E-state index in [1.165, 1.54) is 19.1 Å². The second kappa shape index (κ2) is 14.7. The summed E-state index contributed by atoms with van der Waals surface area (Å²) in [5.41, 5.74) is -0.316. The van der Waals surface area contributed by atoms with Gasteiger partial charge in [-0.1, -0.05) is 26.0 Å². The van der Waals surface area contributed by atoms with Gasteiger partial charge in [-0.2, -0.15) is 18.4 Å². The van der Waals surface area contributed by atoms with Crippen molar-refractivity contribution >= 4 is 11.9 Å². The molecule has 3 aromatic rings. The van der Waals surface area contributed by atoms with Gasteiger partial charge in [-0.3, -0.25) is 14.4 Å². The minimum atomic E-state index is -4.80. The van der Waals surface area contributed by atoms with Gasteiger partial charge in [0.2, 0.25) is 5.91 Å². The average Bonchev–Trinajstić information content (AvgIpc) is 2.95. The Hall–Kier alpha value is -4.50. The molecule has 0 fully saturated rings. The lowest BCUT2D eigenvalue weighted by Crippen LogP contribution is -2.41. The Morgan fingerprint density at radius 1 is 1.11 bits per heavy atom. The van der Waals surface area contributed by atoms with E-state index in [4.69, 9.17) is 0 Å². The SMILES string of the molecule is Cc1cc(-c2c(C)cccc2C#N)cc([C@H](CC(=O)O)NC(=O)C(CC(C)C)n2cc(CCN(C)C)c(C(F)(F)F)cc2=O)c1F. The number of amides is 1. The van der Waals surface area contributed by atoms with E-state index in [-0.39, 0.29) is 42.0 Å². The third kappa shape index (κ3) is 8.60. The third-order valence-electron chi connectivity index (χ3n) is 7.67. The number of pyridine rings is 1. The highest BCUT2D eigenvalue weighted by Crippen LogP contribution is 2.35. The average molecular weight is 643 g/mol. The molecular formula is C34H38F4N4O4. The number of likely N-dealkylation sites (N-methyl/N-ethyl adjacent to an activating group) is 1. The molecule has 246 valence electrons. The number of carboxylic acids is 1. The Kier molecular flexibility index (Phi) is 11.5. The maximum atomic E-state index is 15.7. The Balaban J connectivity index is 2.16. The maximum absolute atomic E-state index is 15.7. The number of halogens is 4. The van der Waals surface area contributed by atoms with E-state index in [0.29, 0.717) is 22.8 Å². The fourth-order valence-corrected chi connectivity index (χ4v) is 5.46. The number of nitrogens with one attached hydrogen (secondary N) is 1. The predicted molar refractivity (Wildman–Crippen MR) is 166 cm³/mol. The smallest absolute Gasteiger partial charge is 0.416 e. The van der Waals surface area contributed by atoms with Crippen molar-refractivity contribution < 1.29 is 32.3 Å². The van der Waals surface area contributed by atoms with Crippen molar-refractivity contribution in [3.8, 4) is 17.2 Å². The normalized spacial score (nSPS) is 13.0. The summed E-state index contributed by atoms with van der Waals surface area (Å²) in [6.07, 6.45) is -4.51. The number of hydrogen-bond acceptors (Lipinski definition) is 5. The van der Waals surface area contributed by atoms with Crippen LogP contribution in [0.5, 0.6) is 0 Å². The molecular weight excluding hydrogens is 604 g/mol. The van der Waals surface area contributed by atoms with E-state index in [1.807, 2.05) is 0 Å². The van der Waals surface area contributed by atoms with Crippen LogP contribution in [0, 0.1) is 36.9 Å². The van der Waals surface area contributed by atoms with E-state index >= 15 is 4.39 Å². The summed E-state index contributed by atoms with van der Waals surface area (Å²) in [6.45, 7) is 7.02. The molecule has 0 aliphatic heterocycles.